The van der Waals surface area contributed by atoms with Crippen LogP contribution in [0.4, 0.5) is 8.78 Å². The van der Waals surface area contributed by atoms with Crippen molar-refractivity contribution in [2.24, 2.45) is 0 Å². The summed E-state index contributed by atoms with van der Waals surface area (Å²) in [5.74, 6) is -1.80. The van der Waals surface area contributed by atoms with Gasteiger partial charge in [0.25, 0.3) is 0 Å². The van der Waals surface area contributed by atoms with E-state index < -0.39 is 23.6 Å². The monoisotopic (exact) mass is 422 g/mol. The van der Waals surface area contributed by atoms with Crippen molar-refractivity contribution in [3.05, 3.63) is 107 Å². The highest BCUT2D eigenvalue weighted by Gasteiger charge is 2.30. The molecule has 160 valence electrons. The van der Waals surface area contributed by atoms with Gasteiger partial charge in [0.2, 0.25) is 11.8 Å². The van der Waals surface area contributed by atoms with Crippen LogP contribution in [0.1, 0.15) is 16.7 Å². The van der Waals surface area contributed by atoms with Crippen molar-refractivity contribution in [3.8, 4) is 0 Å². The molecule has 4 nitrogen and oxygen atoms in total. The predicted octanol–water partition coefficient (Wildman–Crippen LogP) is 3.89. The first kappa shape index (κ1) is 22.2. The van der Waals surface area contributed by atoms with Crippen molar-refractivity contribution in [1.29, 1.82) is 0 Å². The van der Waals surface area contributed by atoms with Gasteiger partial charge in [0.1, 0.15) is 17.7 Å². The number of halogens is 2. The number of benzene rings is 3. The molecule has 1 atom stereocenters. The van der Waals surface area contributed by atoms with Gasteiger partial charge in [-0.3, -0.25) is 9.59 Å². The highest BCUT2D eigenvalue weighted by atomic mass is 19.1. The van der Waals surface area contributed by atoms with E-state index in [2.05, 4.69) is 5.32 Å². The number of nitrogens with zero attached hydrogens (tertiary/aromatic N) is 1. The normalized spacial score (nSPS) is 11.6. The first-order chi connectivity index (χ1) is 15.0. The Morgan fingerprint density at radius 3 is 1.97 bits per heavy atom. The molecule has 0 saturated carbocycles. The highest BCUT2D eigenvalue weighted by molar-refractivity contribution is 5.88. The second-order valence-electron chi connectivity index (χ2n) is 7.20. The van der Waals surface area contributed by atoms with E-state index in [4.69, 9.17) is 0 Å². The Bertz CT molecular complexity index is 1040. The van der Waals surface area contributed by atoms with Crippen LogP contribution in [0.2, 0.25) is 0 Å². The lowest BCUT2D eigenvalue weighted by Gasteiger charge is -2.31. The lowest BCUT2D eigenvalue weighted by Crippen LogP contribution is -2.50. The van der Waals surface area contributed by atoms with E-state index in [0.29, 0.717) is 0 Å². The van der Waals surface area contributed by atoms with Crippen molar-refractivity contribution in [3.63, 3.8) is 0 Å². The molecule has 31 heavy (non-hydrogen) atoms. The maximum atomic E-state index is 14.4. The Morgan fingerprint density at radius 1 is 0.839 bits per heavy atom. The Labute approximate surface area is 180 Å². The largest absolute Gasteiger partial charge is 0.357 e. The second-order valence-corrected chi connectivity index (χ2v) is 7.20. The third-order valence-electron chi connectivity index (χ3n) is 5.12. The molecule has 3 rings (SSSR count). The summed E-state index contributed by atoms with van der Waals surface area (Å²) >= 11 is 0. The Hall–Kier alpha value is -3.54. The van der Waals surface area contributed by atoms with Gasteiger partial charge in [-0.05, 0) is 23.3 Å². The molecule has 0 fully saturated rings. The zero-order valence-corrected chi connectivity index (χ0v) is 17.2. The van der Waals surface area contributed by atoms with Gasteiger partial charge in [-0.2, -0.15) is 0 Å². The molecule has 1 unspecified atom stereocenters. The minimum atomic E-state index is -0.883. The van der Waals surface area contributed by atoms with Gasteiger partial charge in [0.05, 0.1) is 6.42 Å². The van der Waals surface area contributed by atoms with Crippen LogP contribution in [0.15, 0.2) is 78.9 Å². The van der Waals surface area contributed by atoms with Gasteiger partial charge in [-0.25, -0.2) is 8.78 Å². The summed E-state index contributed by atoms with van der Waals surface area (Å²) in [5.41, 5.74) is 1.36. The zero-order chi connectivity index (χ0) is 22.2. The molecule has 0 heterocycles. The molecule has 0 aromatic heterocycles. The molecule has 3 aromatic rings. The van der Waals surface area contributed by atoms with Crippen LogP contribution in [0.25, 0.3) is 0 Å². The minimum absolute atomic E-state index is 0.106. The topological polar surface area (TPSA) is 49.4 Å². The predicted molar refractivity (Wildman–Crippen MR) is 115 cm³/mol. The fourth-order valence-electron chi connectivity index (χ4n) is 3.44. The number of likely N-dealkylation sites (N-methyl/N-ethyl adjacent to an activating group) is 1. The fourth-order valence-corrected chi connectivity index (χ4v) is 3.44. The third-order valence-corrected chi connectivity index (χ3v) is 5.12. The quantitative estimate of drug-likeness (QED) is 0.599. The summed E-state index contributed by atoms with van der Waals surface area (Å²) in [4.78, 5) is 27.4. The van der Waals surface area contributed by atoms with Crippen LogP contribution >= 0.6 is 0 Å². The summed E-state index contributed by atoms with van der Waals surface area (Å²) in [6.07, 6.45) is 0.0153. The number of carbonyl (C=O) groups is 2. The minimum Gasteiger partial charge on any atom is -0.357 e. The van der Waals surface area contributed by atoms with Crippen LogP contribution in [0, 0.1) is 11.6 Å². The van der Waals surface area contributed by atoms with Crippen LogP contribution in [0.3, 0.4) is 0 Å². The fraction of sp³-hybridized carbons (Fsp3) is 0.200. The Morgan fingerprint density at radius 2 is 1.39 bits per heavy atom. The van der Waals surface area contributed by atoms with Crippen molar-refractivity contribution in [1.82, 2.24) is 10.2 Å². The first-order valence-electron chi connectivity index (χ1n) is 10.0. The molecule has 0 radical (unpaired) electrons. The number of carbonyl (C=O) groups excluding carboxylic acids is 2. The smallest absolute Gasteiger partial charge is 0.242 e. The van der Waals surface area contributed by atoms with E-state index in [-0.39, 0.29) is 36.4 Å². The first-order valence-corrected chi connectivity index (χ1v) is 10.0. The van der Waals surface area contributed by atoms with E-state index in [0.717, 1.165) is 5.56 Å². The van der Waals surface area contributed by atoms with Crippen molar-refractivity contribution in [2.45, 2.75) is 25.4 Å². The number of rotatable bonds is 8. The van der Waals surface area contributed by atoms with Gasteiger partial charge in [-0.15, -0.1) is 0 Å². The maximum absolute atomic E-state index is 14.4. The molecule has 3 aromatic carbocycles. The van der Waals surface area contributed by atoms with Crippen LogP contribution < -0.4 is 5.32 Å². The lowest BCUT2D eigenvalue weighted by molar-refractivity contribution is -0.140. The van der Waals surface area contributed by atoms with E-state index in [1.165, 1.54) is 30.1 Å². The molecule has 1 N–H and O–H groups in total. The molecule has 0 saturated heterocycles. The average Bonchev–Trinajstić information content (AvgIpc) is 2.79. The number of amides is 2. The highest BCUT2D eigenvalue weighted by Crippen LogP contribution is 2.18. The lowest BCUT2D eigenvalue weighted by atomic mass is 10.0. The van der Waals surface area contributed by atoms with Crippen LogP contribution in [0.5, 0.6) is 0 Å². The van der Waals surface area contributed by atoms with Crippen molar-refractivity contribution < 1.29 is 18.4 Å². The summed E-state index contributed by atoms with van der Waals surface area (Å²) in [7, 11) is 1.49. The summed E-state index contributed by atoms with van der Waals surface area (Å²) in [5, 5.41) is 2.60. The molecule has 0 bridgehead atoms. The van der Waals surface area contributed by atoms with E-state index in [1.807, 2.05) is 30.3 Å². The molecule has 0 aliphatic heterocycles. The van der Waals surface area contributed by atoms with Gasteiger partial charge in [0.15, 0.2) is 0 Å². The number of nitrogens with one attached hydrogen (secondary N) is 1. The van der Waals surface area contributed by atoms with Crippen molar-refractivity contribution >= 4 is 11.8 Å². The Kier molecular flexibility index (Phi) is 7.49. The summed E-state index contributed by atoms with van der Waals surface area (Å²) in [6.45, 7) is -0.106. The average molecular weight is 422 g/mol. The molecular formula is C25H24F2N2O2. The van der Waals surface area contributed by atoms with E-state index >= 15 is 0 Å². The van der Waals surface area contributed by atoms with Gasteiger partial charge >= 0.3 is 0 Å². The third kappa shape index (κ3) is 5.75. The van der Waals surface area contributed by atoms with Crippen LogP contribution in [-0.2, 0) is 29.0 Å². The second kappa shape index (κ2) is 10.5. The van der Waals surface area contributed by atoms with Crippen molar-refractivity contribution in [2.75, 3.05) is 7.05 Å². The molecule has 0 spiro atoms. The Balaban J connectivity index is 1.97. The molecule has 2 amide bonds. The summed E-state index contributed by atoms with van der Waals surface area (Å²) < 4.78 is 28.5. The van der Waals surface area contributed by atoms with Gasteiger partial charge < -0.3 is 10.2 Å². The van der Waals surface area contributed by atoms with E-state index in [1.54, 1.807) is 30.3 Å². The molecule has 0 aliphatic carbocycles. The van der Waals surface area contributed by atoms with E-state index in [9.17, 15) is 18.4 Å². The summed E-state index contributed by atoms with van der Waals surface area (Å²) in [6, 6.07) is 20.5. The van der Waals surface area contributed by atoms with Gasteiger partial charge in [-0.1, -0.05) is 66.7 Å². The molecule has 6 heteroatoms. The zero-order valence-electron chi connectivity index (χ0n) is 17.2. The van der Waals surface area contributed by atoms with Gasteiger partial charge in [0, 0.05) is 25.6 Å². The van der Waals surface area contributed by atoms with Crippen LogP contribution in [-0.4, -0.2) is 29.8 Å². The molecular weight excluding hydrogens is 398 g/mol. The standard InChI is InChI=1S/C25H24F2N2O2/c1-28-25(31)23(15-18-9-3-2-4-10-18)29(17-20-12-6-8-14-22(20)27)24(30)16-19-11-5-7-13-21(19)26/h2-14,23H,15-17H2,1H3,(H,28,31). The number of hydrogen-bond acceptors (Lipinski definition) is 2. The SMILES string of the molecule is CNC(=O)C(Cc1ccccc1)N(Cc1ccccc1F)C(=O)Cc1ccccc1F. The number of hydrogen-bond donors (Lipinski definition) is 1. The molecule has 0 aliphatic rings. The maximum Gasteiger partial charge on any atom is 0.242 e.